The monoisotopic (exact) mass is 338 g/mol. The SMILES string of the molecule is CC(=O)c1cc(-c2cc3cccccc-3c2C(C)=O)c2cccccc1-2. The molecule has 0 radical (unpaired) electrons. The summed E-state index contributed by atoms with van der Waals surface area (Å²) in [7, 11) is 0. The van der Waals surface area contributed by atoms with E-state index in [0.717, 1.165) is 33.4 Å². The molecule has 2 heteroatoms. The summed E-state index contributed by atoms with van der Waals surface area (Å²) < 4.78 is 0. The number of carbonyl (C=O) groups is 2. The highest BCUT2D eigenvalue weighted by molar-refractivity contribution is 6.13. The van der Waals surface area contributed by atoms with Crippen LogP contribution in [0.25, 0.3) is 33.4 Å². The van der Waals surface area contributed by atoms with E-state index in [9.17, 15) is 9.59 Å². The number of rotatable bonds is 3. The molecule has 0 saturated heterocycles. The molecule has 0 spiro atoms. The topological polar surface area (TPSA) is 34.1 Å². The molecule has 2 nitrogen and oxygen atoms in total. The highest BCUT2D eigenvalue weighted by Crippen LogP contribution is 2.44. The van der Waals surface area contributed by atoms with Gasteiger partial charge in [0.25, 0.3) is 0 Å². The van der Waals surface area contributed by atoms with Gasteiger partial charge in [-0.05, 0) is 59.4 Å². The van der Waals surface area contributed by atoms with E-state index in [1.807, 2.05) is 66.7 Å². The molecule has 0 heterocycles. The van der Waals surface area contributed by atoms with Gasteiger partial charge in [-0.3, -0.25) is 9.59 Å². The van der Waals surface area contributed by atoms with Crippen molar-refractivity contribution in [2.24, 2.45) is 0 Å². The summed E-state index contributed by atoms with van der Waals surface area (Å²) in [6, 6.07) is 23.7. The summed E-state index contributed by atoms with van der Waals surface area (Å²) in [5.41, 5.74) is 7.10. The van der Waals surface area contributed by atoms with Crippen molar-refractivity contribution < 1.29 is 9.59 Å². The zero-order valence-electron chi connectivity index (χ0n) is 14.7. The fourth-order valence-corrected chi connectivity index (χ4v) is 3.71. The van der Waals surface area contributed by atoms with E-state index in [0.29, 0.717) is 11.1 Å². The number of carbonyl (C=O) groups excluding carboxylic acids is 2. The predicted molar refractivity (Wildman–Crippen MR) is 105 cm³/mol. The molecule has 0 aromatic heterocycles. The molecule has 4 rings (SSSR count). The second-order valence-corrected chi connectivity index (χ2v) is 6.53. The van der Waals surface area contributed by atoms with Crippen LogP contribution < -0.4 is 0 Å². The van der Waals surface area contributed by atoms with Gasteiger partial charge in [-0.1, -0.05) is 60.7 Å². The van der Waals surface area contributed by atoms with Crippen molar-refractivity contribution in [2.75, 3.05) is 0 Å². The maximum absolute atomic E-state index is 12.5. The first-order valence-electron chi connectivity index (χ1n) is 8.63. The van der Waals surface area contributed by atoms with Gasteiger partial charge in [0, 0.05) is 11.1 Å². The van der Waals surface area contributed by atoms with Gasteiger partial charge in [0.2, 0.25) is 0 Å². The first-order valence-corrected chi connectivity index (χ1v) is 8.63. The minimum absolute atomic E-state index is 0.0272. The fraction of sp³-hybridized carbons (Fsp3) is 0.0833. The van der Waals surface area contributed by atoms with Crippen LogP contribution in [0.4, 0.5) is 0 Å². The Morgan fingerprint density at radius 2 is 1.19 bits per heavy atom. The van der Waals surface area contributed by atoms with Gasteiger partial charge < -0.3 is 0 Å². The van der Waals surface area contributed by atoms with Crippen LogP contribution >= 0.6 is 0 Å². The molecule has 0 aromatic carbocycles. The molecule has 0 aliphatic heterocycles. The number of hydrogen-bond acceptors (Lipinski definition) is 2. The van der Waals surface area contributed by atoms with E-state index in [4.69, 9.17) is 0 Å². The van der Waals surface area contributed by atoms with Crippen molar-refractivity contribution >= 4 is 11.6 Å². The molecule has 0 unspecified atom stereocenters. The molecule has 0 N–H and O–H groups in total. The summed E-state index contributed by atoms with van der Waals surface area (Å²) in [6.45, 7) is 3.18. The van der Waals surface area contributed by atoms with E-state index >= 15 is 0 Å². The average Bonchev–Trinajstić information content (AvgIpc) is 2.91. The number of hydrogen-bond donors (Lipinski definition) is 0. The Hall–Kier alpha value is -3.26. The van der Waals surface area contributed by atoms with E-state index in [2.05, 4.69) is 6.07 Å². The van der Waals surface area contributed by atoms with Gasteiger partial charge >= 0.3 is 0 Å². The standard InChI is InChI=1S/C24H18O2/c1-15(25)21-14-22(20-12-8-4-7-11-19(20)21)23-13-17-9-5-3-6-10-18(17)24(23)16(2)26/h3-14H,1-2H3. The van der Waals surface area contributed by atoms with Gasteiger partial charge in [0.05, 0.1) is 0 Å². The first-order chi connectivity index (χ1) is 12.6. The Kier molecular flexibility index (Phi) is 3.89. The summed E-state index contributed by atoms with van der Waals surface area (Å²) >= 11 is 0. The normalized spacial score (nSPS) is 11.0. The van der Waals surface area contributed by atoms with E-state index in [1.54, 1.807) is 13.8 Å². The van der Waals surface area contributed by atoms with Crippen molar-refractivity contribution in [3.05, 3.63) is 83.9 Å². The van der Waals surface area contributed by atoms with Gasteiger partial charge in [0.1, 0.15) is 0 Å². The highest BCUT2D eigenvalue weighted by atomic mass is 16.1. The highest BCUT2D eigenvalue weighted by Gasteiger charge is 2.25. The minimum atomic E-state index is 0.0272. The molecule has 0 fully saturated rings. The molecule has 0 amide bonds. The molecule has 0 saturated carbocycles. The van der Waals surface area contributed by atoms with E-state index < -0.39 is 0 Å². The Morgan fingerprint density at radius 1 is 0.577 bits per heavy atom. The van der Waals surface area contributed by atoms with Gasteiger partial charge in [-0.15, -0.1) is 0 Å². The molecule has 26 heavy (non-hydrogen) atoms. The lowest BCUT2D eigenvalue weighted by Crippen LogP contribution is -1.93. The Morgan fingerprint density at radius 3 is 1.85 bits per heavy atom. The third kappa shape index (κ3) is 2.51. The molecule has 0 bridgehead atoms. The quantitative estimate of drug-likeness (QED) is 0.431. The third-order valence-corrected chi connectivity index (χ3v) is 4.84. The van der Waals surface area contributed by atoms with Gasteiger partial charge in [0.15, 0.2) is 11.6 Å². The molecule has 4 aliphatic carbocycles. The van der Waals surface area contributed by atoms with Crippen molar-refractivity contribution in [3.8, 4) is 33.4 Å². The Labute approximate surface area is 152 Å². The Balaban J connectivity index is 2.10. The lowest BCUT2D eigenvalue weighted by molar-refractivity contribution is 0.101. The molecule has 126 valence electrons. The molecular formula is C24H18O2. The van der Waals surface area contributed by atoms with Crippen LogP contribution in [-0.4, -0.2) is 11.6 Å². The molecule has 4 aliphatic rings. The summed E-state index contributed by atoms with van der Waals surface area (Å²) in [4.78, 5) is 24.7. The zero-order chi connectivity index (χ0) is 18.3. The van der Waals surface area contributed by atoms with Crippen LogP contribution in [-0.2, 0) is 0 Å². The van der Waals surface area contributed by atoms with Crippen molar-refractivity contribution in [3.63, 3.8) is 0 Å². The minimum Gasteiger partial charge on any atom is -0.294 e. The second kappa shape index (κ2) is 6.23. The van der Waals surface area contributed by atoms with E-state index in [-0.39, 0.29) is 11.6 Å². The van der Waals surface area contributed by atoms with Crippen LogP contribution in [0.5, 0.6) is 0 Å². The second-order valence-electron chi connectivity index (χ2n) is 6.53. The number of ketones is 2. The summed E-state index contributed by atoms with van der Waals surface area (Å²) in [5.74, 6) is 0.0552. The predicted octanol–water partition coefficient (Wildman–Crippen LogP) is 5.97. The number of fused-ring (bicyclic) bond motifs is 2. The Bertz CT molecular complexity index is 1090. The molecule has 0 atom stereocenters. The van der Waals surface area contributed by atoms with Crippen LogP contribution in [0.3, 0.4) is 0 Å². The molecular weight excluding hydrogens is 320 g/mol. The van der Waals surface area contributed by atoms with Gasteiger partial charge in [-0.25, -0.2) is 0 Å². The lowest BCUT2D eigenvalue weighted by Gasteiger charge is -2.04. The van der Waals surface area contributed by atoms with Crippen molar-refractivity contribution in [1.29, 1.82) is 0 Å². The number of Topliss-reactive ketones (excluding diaryl/α,β-unsaturated/α-hetero) is 2. The summed E-state index contributed by atoms with van der Waals surface area (Å²) in [5, 5.41) is 0. The van der Waals surface area contributed by atoms with Crippen LogP contribution in [0, 0.1) is 0 Å². The first kappa shape index (κ1) is 16.2. The molecule has 0 aromatic rings. The van der Waals surface area contributed by atoms with Gasteiger partial charge in [-0.2, -0.15) is 0 Å². The summed E-state index contributed by atoms with van der Waals surface area (Å²) in [6.07, 6.45) is 0. The van der Waals surface area contributed by atoms with Crippen LogP contribution in [0.15, 0.2) is 72.8 Å². The third-order valence-electron chi connectivity index (χ3n) is 4.84. The van der Waals surface area contributed by atoms with Crippen LogP contribution in [0.1, 0.15) is 34.6 Å². The average molecular weight is 338 g/mol. The lowest BCUT2D eigenvalue weighted by atomic mass is 9.98. The zero-order valence-corrected chi connectivity index (χ0v) is 14.7. The van der Waals surface area contributed by atoms with E-state index in [1.165, 1.54) is 0 Å². The smallest absolute Gasteiger partial charge is 0.161 e. The maximum atomic E-state index is 12.5. The fourth-order valence-electron chi connectivity index (χ4n) is 3.71. The van der Waals surface area contributed by atoms with Crippen molar-refractivity contribution in [2.45, 2.75) is 13.8 Å². The van der Waals surface area contributed by atoms with Crippen LogP contribution in [0.2, 0.25) is 0 Å². The maximum Gasteiger partial charge on any atom is 0.161 e. The largest absolute Gasteiger partial charge is 0.294 e. The van der Waals surface area contributed by atoms with Crippen molar-refractivity contribution in [1.82, 2.24) is 0 Å².